The van der Waals surface area contributed by atoms with Crippen molar-refractivity contribution in [3.63, 3.8) is 0 Å². The van der Waals surface area contributed by atoms with E-state index < -0.39 is 23.0 Å². The lowest BCUT2D eigenvalue weighted by molar-refractivity contribution is -0.178. The van der Waals surface area contributed by atoms with Gasteiger partial charge >= 0.3 is 11.9 Å². The van der Waals surface area contributed by atoms with Crippen LogP contribution < -0.4 is 0 Å². The van der Waals surface area contributed by atoms with Crippen LogP contribution in [0.5, 0.6) is 0 Å². The summed E-state index contributed by atoms with van der Waals surface area (Å²) in [6.45, 7) is 14.5. The highest BCUT2D eigenvalue weighted by atomic mass is 16.6. The molecule has 0 amide bonds. The predicted octanol–water partition coefficient (Wildman–Crippen LogP) is 2.94. The van der Waals surface area contributed by atoms with Crippen molar-refractivity contribution in [1.29, 1.82) is 0 Å². The molecule has 4 heteroatoms. The molecule has 0 aliphatic heterocycles. The Morgan fingerprint density at radius 3 is 1.61 bits per heavy atom. The molecule has 0 saturated heterocycles. The topological polar surface area (TPSA) is 52.6 Å². The van der Waals surface area contributed by atoms with Crippen LogP contribution in [0, 0.1) is 10.8 Å². The van der Waals surface area contributed by atoms with E-state index in [1.807, 2.05) is 20.8 Å². The smallest absolute Gasteiger partial charge is 0.323 e. The molecular formula is C14H26O4. The number of hydrogen-bond donors (Lipinski definition) is 0. The fraction of sp³-hybridized carbons (Fsp3) is 0.857. The van der Waals surface area contributed by atoms with Gasteiger partial charge in [0, 0.05) is 0 Å². The first-order valence-corrected chi connectivity index (χ1v) is 6.16. The standard InChI is InChI=1S/C14H26O4/c1-12(2,3)9-17-10(15)14(7,8)11(16)18-13(4,5)6/h9H2,1-8H3. The molecule has 0 saturated carbocycles. The predicted molar refractivity (Wildman–Crippen MR) is 70.0 cm³/mol. The Kier molecular flexibility index (Phi) is 4.98. The van der Waals surface area contributed by atoms with Crippen molar-refractivity contribution in [3.8, 4) is 0 Å². The van der Waals surface area contributed by atoms with Gasteiger partial charge in [0.15, 0.2) is 5.41 Å². The van der Waals surface area contributed by atoms with E-state index in [9.17, 15) is 9.59 Å². The molecule has 0 N–H and O–H groups in total. The highest BCUT2D eigenvalue weighted by Crippen LogP contribution is 2.24. The second-order valence-corrected chi connectivity index (χ2v) is 7.26. The summed E-state index contributed by atoms with van der Waals surface area (Å²) in [5, 5.41) is 0. The maximum Gasteiger partial charge on any atom is 0.323 e. The van der Waals surface area contributed by atoms with E-state index in [0.717, 1.165) is 0 Å². The Morgan fingerprint density at radius 1 is 0.833 bits per heavy atom. The molecule has 0 fully saturated rings. The zero-order valence-electron chi connectivity index (χ0n) is 12.8. The molecule has 0 aromatic rings. The Hall–Kier alpha value is -1.06. The van der Waals surface area contributed by atoms with E-state index in [1.54, 1.807) is 20.8 Å². The minimum absolute atomic E-state index is 0.125. The first-order valence-electron chi connectivity index (χ1n) is 6.16. The Bertz CT molecular complexity index is 316. The van der Waals surface area contributed by atoms with Gasteiger partial charge in [-0.15, -0.1) is 0 Å². The van der Waals surface area contributed by atoms with Gasteiger partial charge < -0.3 is 9.47 Å². The third kappa shape index (κ3) is 6.03. The number of hydrogen-bond acceptors (Lipinski definition) is 4. The van der Waals surface area contributed by atoms with Crippen LogP contribution in [0.15, 0.2) is 0 Å². The number of carbonyl (C=O) groups is 2. The third-order valence-electron chi connectivity index (χ3n) is 2.06. The maximum absolute atomic E-state index is 11.9. The Balaban J connectivity index is 4.62. The highest BCUT2D eigenvalue weighted by Gasteiger charge is 2.41. The molecule has 0 radical (unpaired) electrons. The first kappa shape index (κ1) is 16.9. The monoisotopic (exact) mass is 258 g/mol. The van der Waals surface area contributed by atoms with Gasteiger partial charge in [0.05, 0.1) is 6.61 Å². The molecule has 0 unspecified atom stereocenters. The Morgan fingerprint density at radius 2 is 1.28 bits per heavy atom. The van der Waals surface area contributed by atoms with E-state index in [1.165, 1.54) is 13.8 Å². The molecule has 0 heterocycles. The van der Waals surface area contributed by atoms with Crippen LogP contribution in [0.1, 0.15) is 55.4 Å². The van der Waals surface area contributed by atoms with Gasteiger partial charge in [0.1, 0.15) is 5.60 Å². The van der Waals surface area contributed by atoms with Crippen LogP contribution in [0.4, 0.5) is 0 Å². The van der Waals surface area contributed by atoms with Crippen LogP contribution in [0.25, 0.3) is 0 Å². The number of esters is 2. The molecule has 18 heavy (non-hydrogen) atoms. The lowest BCUT2D eigenvalue weighted by Crippen LogP contribution is -2.41. The molecule has 0 spiro atoms. The molecule has 0 aliphatic rings. The normalized spacial score (nSPS) is 13.1. The van der Waals surface area contributed by atoms with Crippen molar-refractivity contribution < 1.29 is 19.1 Å². The van der Waals surface area contributed by atoms with Crippen molar-refractivity contribution in [2.75, 3.05) is 6.61 Å². The van der Waals surface area contributed by atoms with Gasteiger partial charge in [-0.05, 0) is 40.0 Å². The van der Waals surface area contributed by atoms with Gasteiger partial charge in [-0.3, -0.25) is 9.59 Å². The largest absolute Gasteiger partial charge is 0.464 e. The molecule has 4 nitrogen and oxygen atoms in total. The van der Waals surface area contributed by atoms with E-state index in [2.05, 4.69) is 0 Å². The second-order valence-electron chi connectivity index (χ2n) is 7.26. The minimum atomic E-state index is -1.28. The van der Waals surface area contributed by atoms with Gasteiger partial charge in [-0.1, -0.05) is 20.8 Å². The number of rotatable bonds is 3. The SMILES string of the molecule is CC(C)(C)COC(=O)C(C)(C)C(=O)OC(C)(C)C. The average Bonchev–Trinajstić information content (AvgIpc) is 2.09. The maximum atomic E-state index is 11.9. The molecule has 0 aliphatic carbocycles. The second kappa shape index (κ2) is 5.29. The summed E-state index contributed by atoms with van der Waals surface area (Å²) in [5.41, 5.74) is -2.02. The van der Waals surface area contributed by atoms with E-state index >= 15 is 0 Å². The summed E-state index contributed by atoms with van der Waals surface area (Å²) >= 11 is 0. The number of ether oxygens (including phenoxy) is 2. The van der Waals surface area contributed by atoms with Gasteiger partial charge in [0.25, 0.3) is 0 Å². The summed E-state index contributed by atoms with van der Waals surface area (Å²) in [4.78, 5) is 23.8. The molecule has 0 aromatic heterocycles. The minimum Gasteiger partial charge on any atom is -0.464 e. The molecule has 0 atom stereocenters. The zero-order chi connectivity index (χ0) is 14.8. The van der Waals surface area contributed by atoms with Gasteiger partial charge in [-0.25, -0.2) is 0 Å². The van der Waals surface area contributed by atoms with E-state index in [4.69, 9.17) is 9.47 Å². The van der Waals surface area contributed by atoms with Crippen molar-refractivity contribution >= 4 is 11.9 Å². The third-order valence-corrected chi connectivity index (χ3v) is 2.06. The van der Waals surface area contributed by atoms with Crippen LogP contribution in [0.2, 0.25) is 0 Å². The molecule has 0 aromatic carbocycles. The fourth-order valence-electron chi connectivity index (χ4n) is 0.951. The summed E-state index contributed by atoms with van der Waals surface area (Å²) in [5.74, 6) is -1.11. The van der Waals surface area contributed by atoms with Crippen molar-refractivity contribution in [2.24, 2.45) is 10.8 Å². The van der Waals surface area contributed by atoms with Crippen LogP contribution in [-0.4, -0.2) is 24.1 Å². The molecular weight excluding hydrogens is 232 g/mol. The average molecular weight is 258 g/mol. The molecule has 106 valence electrons. The first-order chi connectivity index (χ1) is 7.76. The quantitative estimate of drug-likeness (QED) is 0.577. The van der Waals surface area contributed by atoms with Gasteiger partial charge in [-0.2, -0.15) is 0 Å². The lowest BCUT2D eigenvalue weighted by atomic mass is 9.93. The van der Waals surface area contributed by atoms with Crippen LogP contribution >= 0.6 is 0 Å². The lowest BCUT2D eigenvalue weighted by Gasteiger charge is -2.28. The highest BCUT2D eigenvalue weighted by molar-refractivity contribution is 5.99. The zero-order valence-corrected chi connectivity index (χ0v) is 12.8. The summed E-state index contributed by atoms with van der Waals surface area (Å²) < 4.78 is 10.4. The number of carbonyl (C=O) groups excluding carboxylic acids is 2. The van der Waals surface area contributed by atoms with Gasteiger partial charge in [0.2, 0.25) is 0 Å². The van der Waals surface area contributed by atoms with Crippen LogP contribution in [0.3, 0.4) is 0 Å². The Labute approximate surface area is 110 Å². The van der Waals surface area contributed by atoms with Crippen LogP contribution in [-0.2, 0) is 19.1 Å². The summed E-state index contributed by atoms with van der Waals surface area (Å²) in [6, 6.07) is 0. The van der Waals surface area contributed by atoms with Crippen molar-refractivity contribution in [2.45, 2.75) is 61.0 Å². The van der Waals surface area contributed by atoms with E-state index in [0.29, 0.717) is 0 Å². The fourth-order valence-corrected chi connectivity index (χ4v) is 0.951. The molecule has 0 bridgehead atoms. The summed E-state index contributed by atoms with van der Waals surface area (Å²) in [6.07, 6.45) is 0. The molecule has 0 rings (SSSR count). The van der Waals surface area contributed by atoms with Crippen molar-refractivity contribution in [1.82, 2.24) is 0 Å². The van der Waals surface area contributed by atoms with E-state index in [-0.39, 0.29) is 12.0 Å². The summed E-state index contributed by atoms with van der Waals surface area (Å²) in [7, 11) is 0. The van der Waals surface area contributed by atoms with Crippen molar-refractivity contribution in [3.05, 3.63) is 0 Å².